The molecule has 1 aromatic heterocycles. The Bertz CT molecular complexity index is 1160. The van der Waals surface area contributed by atoms with Crippen molar-refractivity contribution in [1.29, 1.82) is 5.26 Å². The summed E-state index contributed by atoms with van der Waals surface area (Å²) < 4.78 is 11.6. The van der Waals surface area contributed by atoms with Crippen LogP contribution in [0.15, 0.2) is 53.9 Å². The Morgan fingerprint density at radius 2 is 2.03 bits per heavy atom. The van der Waals surface area contributed by atoms with Gasteiger partial charge in [0, 0.05) is 16.8 Å². The minimum Gasteiger partial charge on any atom is -0.489 e. The number of nitrogens with two attached hydrogens (primary N) is 1. The lowest BCUT2D eigenvalue weighted by atomic mass is 9.83. The van der Waals surface area contributed by atoms with E-state index in [2.05, 4.69) is 16.3 Å². The fourth-order valence-corrected chi connectivity index (χ4v) is 3.67. The van der Waals surface area contributed by atoms with Crippen molar-refractivity contribution in [3.8, 4) is 17.7 Å². The number of aromatic nitrogens is 2. The van der Waals surface area contributed by atoms with E-state index in [1.165, 1.54) is 0 Å². The molecule has 0 radical (unpaired) electrons. The van der Waals surface area contributed by atoms with Gasteiger partial charge in [0.2, 0.25) is 11.8 Å². The van der Waals surface area contributed by atoms with Crippen molar-refractivity contribution in [2.45, 2.75) is 19.4 Å². The summed E-state index contributed by atoms with van der Waals surface area (Å²) in [6.07, 6.45) is 0. The van der Waals surface area contributed by atoms with E-state index in [-0.39, 0.29) is 12.5 Å². The van der Waals surface area contributed by atoms with Crippen molar-refractivity contribution in [1.82, 2.24) is 10.2 Å². The molecule has 2 aromatic carbocycles. The van der Waals surface area contributed by atoms with E-state index in [4.69, 9.17) is 38.4 Å². The van der Waals surface area contributed by atoms with Crippen molar-refractivity contribution in [2.75, 3.05) is 0 Å². The van der Waals surface area contributed by atoms with Gasteiger partial charge in [-0.2, -0.15) is 5.26 Å². The van der Waals surface area contributed by atoms with Crippen LogP contribution in [0.5, 0.6) is 11.6 Å². The number of ether oxygens (including phenoxy) is 2. The summed E-state index contributed by atoms with van der Waals surface area (Å²) in [6, 6.07) is 15.0. The number of nitrogens with zero attached hydrogens (tertiary/aromatic N) is 2. The number of benzene rings is 2. The van der Waals surface area contributed by atoms with Crippen molar-refractivity contribution >= 4 is 23.2 Å². The Kier molecular flexibility index (Phi) is 5.10. The minimum atomic E-state index is -0.451. The molecule has 0 aliphatic carbocycles. The lowest BCUT2D eigenvalue weighted by Gasteiger charge is -2.25. The second-order valence-corrected chi connectivity index (χ2v) is 7.38. The van der Waals surface area contributed by atoms with Gasteiger partial charge in [-0.1, -0.05) is 47.5 Å². The summed E-state index contributed by atoms with van der Waals surface area (Å²) in [5.74, 6) is 0.573. The van der Waals surface area contributed by atoms with Gasteiger partial charge in [-0.3, -0.25) is 5.10 Å². The fourth-order valence-electron chi connectivity index (χ4n) is 3.35. The first kappa shape index (κ1) is 19.2. The van der Waals surface area contributed by atoms with Gasteiger partial charge in [-0.05, 0) is 30.7 Å². The molecule has 0 bridgehead atoms. The Morgan fingerprint density at radius 1 is 1.24 bits per heavy atom. The quantitative estimate of drug-likeness (QED) is 0.622. The van der Waals surface area contributed by atoms with E-state index < -0.39 is 5.92 Å². The molecular formula is C21H16Cl2N4O2. The molecule has 0 amide bonds. The molecular weight excluding hydrogens is 411 g/mol. The highest BCUT2D eigenvalue weighted by Gasteiger charge is 2.35. The summed E-state index contributed by atoms with van der Waals surface area (Å²) in [7, 11) is 0. The number of aromatic amines is 1. The Hall–Kier alpha value is -3.14. The van der Waals surface area contributed by atoms with Crippen LogP contribution in [0.4, 0.5) is 0 Å². The van der Waals surface area contributed by atoms with Gasteiger partial charge in [-0.25, -0.2) is 0 Å². The zero-order valence-electron chi connectivity index (χ0n) is 15.4. The number of nitriles is 1. The number of rotatable bonds is 4. The third-order valence-electron chi connectivity index (χ3n) is 4.74. The van der Waals surface area contributed by atoms with Gasteiger partial charge in [0.25, 0.3) is 0 Å². The summed E-state index contributed by atoms with van der Waals surface area (Å²) in [5.41, 5.74) is 9.54. The van der Waals surface area contributed by atoms with Crippen LogP contribution in [0.2, 0.25) is 10.0 Å². The van der Waals surface area contributed by atoms with Crippen LogP contribution in [0.3, 0.4) is 0 Å². The van der Waals surface area contributed by atoms with Gasteiger partial charge >= 0.3 is 0 Å². The van der Waals surface area contributed by atoms with Gasteiger partial charge < -0.3 is 15.2 Å². The van der Waals surface area contributed by atoms with E-state index in [0.29, 0.717) is 27.2 Å². The lowest BCUT2D eigenvalue weighted by molar-refractivity contribution is 0.301. The number of para-hydroxylation sites is 1. The first-order valence-corrected chi connectivity index (χ1v) is 9.53. The highest BCUT2D eigenvalue weighted by Crippen LogP contribution is 2.45. The maximum atomic E-state index is 9.74. The van der Waals surface area contributed by atoms with E-state index in [1.807, 2.05) is 37.3 Å². The van der Waals surface area contributed by atoms with Crippen LogP contribution in [0, 0.1) is 18.3 Å². The van der Waals surface area contributed by atoms with Gasteiger partial charge in [-0.15, -0.1) is 5.10 Å². The third-order valence-corrected chi connectivity index (χ3v) is 5.48. The molecule has 1 aliphatic rings. The summed E-state index contributed by atoms with van der Waals surface area (Å²) >= 11 is 12.1. The molecule has 1 aliphatic heterocycles. The van der Waals surface area contributed by atoms with E-state index in [1.54, 1.807) is 12.1 Å². The molecule has 0 spiro atoms. The molecule has 6 nitrogen and oxygen atoms in total. The number of allylic oxidation sites excluding steroid dienone is 1. The van der Waals surface area contributed by atoms with Crippen molar-refractivity contribution in [3.63, 3.8) is 0 Å². The molecule has 146 valence electrons. The highest BCUT2D eigenvalue weighted by molar-refractivity contribution is 6.42. The molecule has 3 aromatic rings. The van der Waals surface area contributed by atoms with E-state index in [0.717, 1.165) is 22.4 Å². The first-order chi connectivity index (χ1) is 14.0. The standard InChI is InChI=1S/C21H16Cl2N4O2/c1-11-18-19(14(9-24)20(25)29-21(18)27-26-11)13-4-2-3-5-17(13)28-10-12-6-7-15(22)16(23)8-12/h2-8,19H,10,25H2,1H3,(H,26,27). The Morgan fingerprint density at radius 3 is 2.79 bits per heavy atom. The van der Waals surface area contributed by atoms with Gasteiger partial charge in [0.15, 0.2) is 0 Å². The Labute approximate surface area is 177 Å². The van der Waals surface area contributed by atoms with E-state index >= 15 is 0 Å². The Balaban J connectivity index is 1.73. The highest BCUT2D eigenvalue weighted by atomic mass is 35.5. The number of fused-ring (bicyclic) bond motifs is 1. The molecule has 0 saturated heterocycles. The normalized spacial score (nSPS) is 15.4. The summed E-state index contributed by atoms with van der Waals surface area (Å²) in [6.45, 7) is 2.16. The number of halogens is 2. The molecule has 2 heterocycles. The van der Waals surface area contributed by atoms with Crippen molar-refractivity contribution in [3.05, 3.63) is 86.4 Å². The second kappa shape index (κ2) is 7.70. The molecule has 3 N–H and O–H groups in total. The van der Waals surface area contributed by atoms with Crippen LogP contribution in [-0.2, 0) is 6.61 Å². The molecule has 4 rings (SSSR count). The predicted octanol–water partition coefficient (Wildman–Crippen LogP) is 4.82. The number of aryl methyl sites for hydroxylation is 1. The van der Waals surface area contributed by atoms with Crippen LogP contribution in [0.1, 0.15) is 28.3 Å². The molecule has 8 heteroatoms. The minimum absolute atomic E-state index is 0.0378. The van der Waals surface area contributed by atoms with Gasteiger partial charge in [0.1, 0.15) is 24.0 Å². The van der Waals surface area contributed by atoms with Crippen LogP contribution in [0.25, 0.3) is 0 Å². The van der Waals surface area contributed by atoms with Crippen LogP contribution in [-0.4, -0.2) is 10.2 Å². The average molecular weight is 427 g/mol. The number of hydrogen-bond acceptors (Lipinski definition) is 5. The van der Waals surface area contributed by atoms with Crippen molar-refractivity contribution < 1.29 is 9.47 Å². The maximum absolute atomic E-state index is 9.74. The van der Waals surface area contributed by atoms with Crippen molar-refractivity contribution in [2.24, 2.45) is 5.73 Å². The fraction of sp³-hybridized carbons (Fsp3) is 0.143. The molecule has 0 saturated carbocycles. The van der Waals surface area contributed by atoms with Crippen LogP contribution < -0.4 is 15.2 Å². The average Bonchev–Trinajstić information content (AvgIpc) is 3.08. The molecule has 1 unspecified atom stereocenters. The summed E-state index contributed by atoms with van der Waals surface area (Å²) in [4.78, 5) is 0. The first-order valence-electron chi connectivity index (χ1n) is 8.77. The maximum Gasteiger partial charge on any atom is 0.244 e. The number of H-pyrrole nitrogens is 1. The molecule has 29 heavy (non-hydrogen) atoms. The molecule has 0 fully saturated rings. The smallest absolute Gasteiger partial charge is 0.244 e. The van der Waals surface area contributed by atoms with E-state index in [9.17, 15) is 5.26 Å². The second-order valence-electron chi connectivity index (χ2n) is 6.57. The number of hydrogen-bond donors (Lipinski definition) is 2. The SMILES string of the molecule is Cc1[nH]nc2c1C(c1ccccc1OCc1ccc(Cl)c(Cl)c1)C(C#N)=C(N)O2. The molecule has 1 atom stereocenters. The van der Waals surface area contributed by atoms with Crippen LogP contribution >= 0.6 is 23.2 Å². The number of nitrogens with one attached hydrogen (secondary N) is 1. The zero-order valence-corrected chi connectivity index (χ0v) is 16.9. The predicted molar refractivity (Wildman–Crippen MR) is 110 cm³/mol. The zero-order chi connectivity index (χ0) is 20.5. The third kappa shape index (κ3) is 3.51. The monoisotopic (exact) mass is 426 g/mol. The largest absolute Gasteiger partial charge is 0.489 e. The van der Waals surface area contributed by atoms with Gasteiger partial charge in [0.05, 0.1) is 16.0 Å². The summed E-state index contributed by atoms with van der Waals surface area (Å²) in [5, 5.41) is 17.7. The topological polar surface area (TPSA) is 97.0 Å². The lowest BCUT2D eigenvalue weighted by Crippen LogP contribution is -2.21.